The molecule has 4 heterocycles. The van der Waals surface area contributed by atoms with Crippen molar-refractivity contribution in [3.63, 3.8) is 0 Å². The minimum Gasteiger partial charge on any atom is -0.315 e. The first-order chi connectivity index (χ1) is 11.9. The van der Waals surface area contributed by atoms with Crippen LogP contribution in [-0.2, 0) is 19.4 Å². The van der Waals surface area contributed by atoms with Crippen molar-refractivity contribution in [1.29, 1.82) is 0 Å². The van der Waals surface area contributed by atoms with Crippen LogP contribution in [0.4, 0.5) is 0 Å². The molecule has 1 atom stereocenters. The molecule has 0 aliphatic carbocycles. The number of likely N-dealkylation sites (tertiary alicyclic amines) is 1. The van der Waals surface area contributed by atoms with Gasteiger partial charge in [-0.05, 0) is 56.3 Å². The number of aromatic nitrogens is 4. The van der Waals surface area contributed by atoms with Gasteiger partial charge in [-0.3, -0.25) is 4.98 Å². The van der Waals surface area contributed by atoms with Crippen LogP contribution in [0.15, 0.2) is 24.5 Å². The summed E-state index contributed by atoms with van der Waals surface area (Å²) in [6.45, 7) is 4.58. The maximum Gasteiger partial charge on any atom is 0.137 e. The molecule has 5 nitrogen and oxygen atoms in total. The molecule has 1 saturated heterocycles. The molecule has 0 bridgehead atoms. The summed E-state index contributed by atoms with van der Waals surface area (Å²) in [5.41, 5.74) is 1.38. The summed E-state index contributed by atoms with van der Waals surface area (Å²) < 4.78 is 2.43. The summed E-state index contributed by atoms with van der Waals surface area (Å²) in [6.07, 6.45) is 12.4. The number of pyridine rings is 1. The van der Waals surface area contributed by atoms with Gasteiger partial charge in [0.05, 0.1) is 0 Å². The van der Waals surface area contributed by atoms with Gasteiger partial charge >= 0.3 is 0 Å². The summed E-state index contributed by atoms with van der Waals surface area (Å²) in [6, 6.07) is 4.25. The van der Waals surface area contributed by atoms with Crippen molar-refractivity contribution in [3.05, 3.63) is 41.7 Å². The molecule has 0 aromatic carbocycles. The molecule has 2 aliphatic rings. The summed E-state index contributed by atoms with van der Waals surface area (Å²) >= 11 is 0. The number of hydrogen-bond donors (Lipinski definition) is 0. The lowest BCUT2D eigenvalue weighted by Gasteiger charge is -2.32. The number of rotatable bonds is 4. The van der Waals surface area contributed by atoms with Crippen molar-refractivity contribution in [3.8, 4) is 0 Å². The molecular formula is C19H27N5. The van der Waals surface area contributed by atoms with Crippen LogP contribution in [0.3, 0.4) is 0 Å². The number of aryl methyl sites for hydroxylation is 1. The highest BCUT2D eigenvalue weighted by Crippen LogP contribution is 2.28. The van der Waals surface area contributed by atoms with E-state index in [1.54, 1.807) is 0 Å². The highest BCUT2D eigenvalue weighted by atomic mass is 15.3. The lowest BCUT2D eigenvalue weighted by molar-refractivity contribution is 0.204. The zero-order valence-electron chi connectivity index (χ0n) is 14.4. The minimum atomic E-state index is 0.551. The third-order valence-electron chi connectivity index (χ3n) is 5.47. The van der Waals surface area contributed by atoms with Gasteiger partial charge in [0, 0.05) is 44.4 Å². The van der Waals surface area contributed by atoms with E-state index in [2.05, 4.69) is 36.8 Å². The molecule has 0 unspecified atom stereocenters. The van der Waals surface area contributed by atoms with Crippen molar-refractivity contribution in [2.45, 2.75) is 57.4 Å². The summed E-state index contributed by atoms with van der Waals surface area (Å²) in [7, 11) is 0. The second-order valence-electron chi connectivity index (χ2n) is 7.18. The van der Waals surface area contributed by atoms with Crippen LogP contribution in [0.2, 0.25) is 0 Å². The van der Waals surface area contributed by atoms with Crippen molar-refractivity contribution in [2.24, 2.45) is 0 Å². The van der Waals surface area contributed by atoms with E-state index in [0.29, 0.717) is 5.92 Å². The average molecular weight is 325 g/mol. The highest BCUT2D eigenvalue weighted by Gasteiger charge is 2.27. The van der Waals surface area contributed by atoms with E-state index >= 15 is 0 Å². The third-order valence-corrected chi connectivity index (χ3v) is 5.47. The van der Waals surface area contributed by atoms with Crippen LogP contribution >= 0.6 is 0 Å². The molecule has 0 saturated carbocycles. The fraction of sp³-hybridized carbons (Fsp3) is 0.632. The fourth-order valence-corrected chi connectivity index (χ4v) is 4.12. The molecule has 5 heteroatoms. The van der Waals surface area contributed by atoms with Gasteiger partial charge in [0.15, 0.2) is 0 Å². The van der Waals surface area contributed by atoms with Gasteiger partial charge in [-0.15, -0.1) is 10.2 Å². The molecule has 0 N–H and O–H groups in total. The largest absolute Gasteiger partial charge is 0.315 e. The molecule has 2 aromatic rings. The highest BCUT2D eigenvalue weighted by molar-refractivity contribution is 5.10. The monoisotopic (exact) mass is 325 g/mol. The van der Waals surface area contributed by atoms with Gasteiger partial charge in [-0.1, -0.05) is 6.42 Å². The predicted molar refractivity (Wildman–Crippen MR) is 93.9 cm³/mol. The lowest BCUT2D eigenvalue weighted by atomic mass is 9.96. The molecule has 0 spiro atoms. The van der Waals surface area contributed by atoms with Gasteiger partial charge in [0.2, 0.25) is 0 Å². The van der Waals surface area contributed by atoms with Crippen molar-refractivity contribution >= 4 is 0 Å². The van der Waals surface area contributed by atoms with Gasteiger partial charge in [-0.2, -0.15) is 0 Å². The van der Waals surface area contributed by atoms with Gasteiger partial charge in [-0.25, -0.2) is 0 Å². The first-order valence-corrected chi connectivity index (χ1v) is 9.43. The molecule has 4 rings (SSSR count). The Morgan fingerprint density at radius 2 is 1.92 bits per heavy atom. The van der Waals surface area contributed by atoms with E-state index < -0.39 is 0 Å². The Hall–Kier alpha value is -1.75. The van der Waals surface area contributed by atoms with Crippen molar-refractivity contribution < 1.29 is 0 Å². The van der Waals surface area contributed by atoms with Crippen LogP contribution < -0.4 is 0 Å². The molecule has 0 radical (unpaired) electrons. The summed E-state index contributed by atoms with van der Waals surface area (Å²) in [5, 5.41) is 9.09. The minimum absolute atomic E-state index is 0.551. The maximum absolute atomic E-state index is 4.59. The molecule has 1 fully saturated rings. The van der Waals surface area contributed by atoms with E-state index in [-0.39, 0.29) is 0 Å². The topological polar surface area (TPSA) is 46.8 Å². The van der Waals surface area contributed by atoms with E-state index in [9.17, 15) is 0 Å². The first kappa shape index (κ1) is 15.8. The smallest absolute Gasteiger partial charge is 0.137 e. The number of nitrogens with zero attached hydrogens (tertiary/aromatic N) is 5. The second kappa shape index (κ2) is 7.43. The Labute approximate surface area is 144 Å². The Morgan fingerprint density at radius 3 is 2.83 bits per heavy atom. The number of fused-ring (bicyclic) bond motifs is 1. The molecule has 0 amide bonds. The Kier molecular flexibility index (Phi) is 4.88. The lowest BCUT2D eigenvalue weighted by Crippen LogP contribution is -2.36. The third kappa shape index (κ3) is 3.51. The van der Waals surface area contributed by atoms with Crippen LogP contribution in [0.1, 0.15) is 55.2 Å². The van der Waals surface area contributed by atoms with E-state index in [1.165, 1.54) is 55.9 Å². The van der Waals surface area contributed by atoms with Crippen LogP contribution in [0.5, 0.6) is 0 Å². The number of piperidine rings is 1. The van der Waals surface area contributed by atoms with Gasteiger partial charge in [0.25, 0.3) is 0 Å². The van der Waals surface area contributed by atoms with Crippen molar-refractivity contribution in [2.75, 3.05) is 19.6 Å². The van der Waals surface area contributed by atoms with E-state index in [4.69, 9.17) is 0 Å². The Balaban J connectivity index is 1.41. The van der Waals surface area contributed by atoms with Crippen molar-refractivity contribution in [1.82, 2.24) is 24.6 Å². The standard InChI is InChI=1S/C19H27N5/c1-2-6-18-21-22-19(24(18)13-3-1)17-5-4-12-23(15-17)14-9-16-7-10-20-11-8-16/h7-8,10-11,17H,1-6,9,12-15H2/t17-/m0/s1. The molecule has 2 aliphatic heterocycles. The zero-order valence-corrected chi connectivity index (χ0v) is 14.4. The van der Waals surface area contributed by atoms with Crippen LogP contribution in [0.25, 0.3) is 0 Å². The average Bonchev–Trinajstić information content (AvgIpc) is 2.90. The summed E-state index contributed by atoms with van der Waals surface area (Å²) in [5.74, 6) is 3.02. The second-order valence-corrected chi connectivity index (χ2v) is 7.18. The Morgan fingerprint density at radius 1 is 1.00 bits per heavy atom. The zero-order chi connectivity index (χ0) is 16.2. The first-order valence-electron chi connectivity index (χ1n) is 9.43. The number of hydrogen-bond acceptors (Lipinski definition) is 4. The SMILES string of the molecule is c1cc(CCN2CCC[C@H](c3nnc4n3CCCCC4)C2)ccn1. The van der Waals surface area contributed by atoms with Crippen LogP contribution in [-0.4, -0.2) is 44.3 Å². The van der Waals surface area contributed by atoms with E-state index in [0.717, 1.165) is 32.5 Å². The quantitative estimate of drug-likeness (QED) is 0.867. The van der Waals surface area contributed by atoms with Crippen LogP contribution in [0, 0.1) is 0 Å². The molecule has 24 heavy (non-hydrogen) atoms. The molecular weight excluding hydrogens is 298 g/mol. The normalized spacial score (nSPS) is 22.1. The van der Waals surface area contributed by atoms with Gasteiger partial charge in [0.1, 0.15) is 11.6 Å². The molecule has 128 valence electrons. The van der Waals surface area contributed by atoms with Gasteiger partial charge < -0.3 is 9.47 Å². The maximum atomic E-state index is 4.59. The van der Waals surface area contributed by atoms with E-state index in [1.807, 2.05) is 12.4 Å². The predicted octanol–water partition coefficient (Wildman–Crippen LogP) is 2.82. The Bertz CT molecular complexity index is 651. The molecule has 2 aromatic heterocycles. The fourth-order valence-electron chi connectivity index (χ4n) is 4.12. The summed E-state index contributed by atoms with van der Waals surface area (Å²) in [4.78, 5) is 6.71.